The quantitative estimate of drug-likeness (QED) is 0.448. The molecule has 180 valence electrons. The van der Waals surface area contributed by atoms with Gasteiger partial charge in [-0.05, 0) is 62.1 Å². The minimum Gasteiger partial charge on any atom is -0.378 e. The van der Waals surface area contributed by atoms with Crippen LogP contribution in [0.15, 0.2) is 48.8 Å². The molecular weight excluding hydrogens is 449 g/mol. The molecule has 0 bridgehead atoms. The van der Waals surface area contributed by atoms with Crippen LogP contribution in [0.25, 0.3) is 0 Å². The van der Waals surface area contributed by atoms with Gasteiger partial charge in [0.1, 0.15) is 11.6 Å². The van der Waals surface area contributed by atoms with Crippen LogP contribution in [0.5, 0.6) is 0 Å². The second kappa shape index (κ2) is 9.68. The molecule has 0 aliphatic carbocycles. The van der Waals surface area contributed by atoms with E-state index < -0.39 is 23.6 Å². The summed E-state index contributed by atoms with van der Waals surface area (Å²) in [5.74, 6) is 4.89. The summed E-state index contributed by atoms with van der Waals surface area (Å²) in [7, 11) is 1.66. The lowest BCUT2D eigenvalue weighted by atomic mass is 10.0. The molecular formula is C26H26FN5O3. The number of pyridine rings is 1. The number of nitrogens with one attached hydrogen (secondary N) is 1. The van der Waals surface area contributed by atoms with Gasteiger partial charge in [0.05, 0.1) is 6.20 Å². The highest BCUT2D eigenvalue weighted by Crippen LogP contribution is 2.27. The molecule has 2 amide bonds. The maximum Gasteiger partial charge on any atom is 0.342 e. The van der Waals surface area contributed by atoms with Gasteiger partial charge in [0.15, 0.2) is 0 Å². The van der Waals surface area contributed by atoms with Crippen molar-refractivity contribution in [2.45, 2.75) is 44.8 Å². The standard InChI is InChI=1S/C26H26FN5O3/c1-26(2,35)12-11-17-7-8-19-9-10-21(24(33)31(3)22(19)14-17)30-25(34)32-16-18(15-28-32)13-20-5-4-6-23(27)29-20/h4-8,14-16,21,35H,9-10,13H2,1-3H3,(H,30,34)/t21-/m1/s1. The third kappa shape index (κ3) is 5.91. The number of anilines is 1. The first-order valence-electron chi connectivity index (χ1n) is 11.2. The van der Waals surface area contributed by atoms with Crippen molar-refractivity contribution in [3.05, 3.63) is 77.1 Å². The van der Waals surface area contributed by atoms with E-state index in [-0.39, 0.29) is 5.91 Å². The first-order valence-corrected chi connectivity index (χ1v) is 11.2. The van der Waals surface area contributed by atoms with Gasteiger partial charge in [0, 0.05) is 36.6 Å². The van der Waals surface area contributed by atoms with E-state index >= 15 is 0 Å². The number of nitrogens with zero attached hydrogens (tertiary/aromatic N) is 4. The number of halogens is 1. The lowest BCUT2D eigenvalue weighted by Crippen LogP contribution is -2.48. The molecule has 0 spiro atoms. The zero-order chi connectivity index (χ0) is 25.2. The molecule has 35 heavy (non-hydrogen) atoms. The monoisotopic (exact) mass is 475 g/mol. The van der Waals surface area contributed by atoms with Crippen LogP contribution in [-0.4, -0.2) is 50.5 Å². The Bertz CT molecular complexity index is 1330. The van der Waals surface area contributed by atoms with Crippen LogP contribution >= 0.6 is 0 Å². The Morgan fingerprint density at radius 3 is 2.86 bits per heavy atom. The van der Waals surface area contributed by atoms with E-state index in [4.69, 9.17) is 0 Å². The number of aliphatic hydroxyl groups is 1. The molecule has 8 nitrogen and oxygen atoms in total. The topological polar surface area (TPSA) is 100 Å². The average Bonchev–Trinajstić information content (AvgIpc) is 3.23. The van der Waals surface area contributed by atoms with Crippen LogP contribution < -0.4 is 10.2 Å². The molecule has 0 radical (unpaired) electrons. The first-order chi connectivity index (χ1) is 16.6. The average molecular weight is 476 g/mol. The van der Waals surface area contributed by atoms with Crippen LogP contribution in [0.3, 0.4) is 0 Å². The van der Waals surface area contributed by atoms with Crippen LogP contribution in [0, 0.1) is 17.8 Å². The van der Waals surface area contributed by atoms with Gasteiger partial charge < -0.3 is 15.3 Å². The van der Waals surface area contributed by atoms with Crippen LogP contribution in [-0.2, 0) is 17.6 Å². The molecule has 0 saturated heterocycles. The van der Waals surface area contributed by atoms with E-state index in [2.05, 4.69) is 27.2 Å². The third-order valence-corrected chi connectivity index (χ3v) is 5.59. The van der Waals surface area contributed by atoms with Crippen molar-refractivity contribution >= 4 is 17.6 Å². The number of amides is 2. The maximum absolute atomic E-state index is 13.3. The fraction of sp³-hybridized carbons (Fsp3) is 0.308. The summed E-state index contributed by atoms with van der Waals surface area (Å²) in [6, 6.07) is 8.86. The summed E-state index contributed by atoms with van der Waals surface area (Å²) in [5.41, 5.74) is 2.47. The molecule has 3 aromatic rings. The fourth-order valence-corrected chi connectivity index (χ4v) is 3.84. The van der Waals surface area contributed by atoms with Crippen molar-refractivity contribution < 1.29 is 19.1 Å². The molecule has 4 rings (SSSR count). The third-order valence-electron chi connectivity index (χ3n) is 5.59. The second-order valence-corrected chi connectivity index (χ2v) is 9.01. The van der Waals surface area contributed by atoms with Gasteiger partial charge in [-0.2, -0.15) is 14.2 Å². The number of benzene rings is 1. The summed E-state index contributed by atoms with van der Waals surface area (Å²) in [4.78, 5) is 31.3. The normalized spacial score (nSPS) is 15.6. The molecule has 1 atom stereocenters. The Morgan fingerprint density at radius 1 is 1.31 bits per heavy atom. The number of likely N-dealkylation sites (N-methyl/N-ethyl adjacent to an activating group) is 1. The highest BCUT2D eigenvalue weighted by molar-refractivity contribution is 6.00. The lowest BCUT2D eigenvalue weighted by molar-refractivity contribution is -0.120. The molecule has 1 aliphatic rings. The van der Waals surface area contributed by atoms with Crippen LogP contribution in [0.4, 0.5) is 14.9 Å². The predicted octanol–water partition coefficient (Wildman–Crippen LogP) is 2.67. The summed E-state index contributed by atoms with van der Waals surface area (Å²) in [5, 5.41) is 16.7. The van der Waals surface area contributed by atoms with Crippen molar-refractivity contribution in [1.29, 1.82) is 0 Å². The van der Waals surface area contributed by atoms with E-state index in [0.29, 0.717) is 36.1 Å². The minimum atomic E-state index is -1.12. The van der Waals surface area contributed by atoms with Crippen LogP contribution in [0.1, 0.15) is 42.7 Å². The molecule has 9 heteroatoms. The second-order valence-electron chi connectivity index (χ2n) is 9.01. The number of aryl methyl sites for hydroxylation is 1. The summed E-state index contributed by atoms with van der Waals surface area (Å²) in [6.07, 6.45) is 4.39. The van der Waals surface area contributed by atoms with Crippen molar-refractivity contribution in [1.82, 2.24) is 20.1 Å². The number of hydrogen-bond donors (Lipinski definition) is 2. The van der Waals surface area contributed by atoms with E-state index in [1.54, 1.807) is 33.0 Å². The van der Waals surface area contributed by atoms with Gasteiger partial charge in [-0.3, -0.25) is 4.79 Å². The molecule has 0 unspecified atom stereocenters. The number of hydrogen-bond acceptors (Lipinski definition) is 5. The molecule has 0 saturated carbocycles. The number of fused-ring (bicyclic) bond motifs is 1. The smallest absolute Gasteiger partial charge is 0.342 e. The van der Waals surface area contributed by atoms with E-state index in [1.165, 1.54) is 23.4 Å². The fourth-order valence-electron chi connectivity index (χ4n) is 3.84. The van der Waals surface area contributed by atoms with E-state index in [1.807, 2.05) is 18.2 Å². The highest BCUT2D eigenvalue weighted by atomic mass is 19.1. The largest absolute Gasteiger partial charge is 0.378 e. The van der Waals surface area contributed by atoms with Gasteiger partial charge in [0.2, 0.25) is 11.9 Å². The Hall–Kier alpha value is -4.03. The minimum absolute atomic E-state index is 0.249. The lowest BCUT2D eigenvalue weighted by Gasteiger charge is -2.22. The van der Waals surface area contributed by atoms with Crippen molar-refractivity contribution in [2.24, 2.45) is 0 Å². The molecule has 3 heterocycles. The van der Waals surface area contributed by atoms with Gasteiger partial charge in [-0.25, -0.2) is 9.78 Å². The van der Waals surface area contributed by atoms with Crippen LogP contribution in [0.2, 0.25) is 0 Å². The van der Waals surface area contributed by atoms with E-state index in [9.17, 15) is 19.1 Å². The molecule has 1 aliphatic heterocycles. The molecule has 2 N–H and O–H groups in total. The highest BCUT2D eigenvalue weighted by Gasteiger charge is 2.30. The molecule has 0 fully saturated rings. The summed E-state index contributed by atoms with van der Waals surface area (Å²) >= 11 is 0. The van der Waals surface area contributed by atoms with Gasteiger partial charge in [-0.1, -0.05) is 24.0 Å². The van der Waals surface area contributed by atoms with Gasteiger partial charge >= 0.3 is 6.03 Å². The zero-order valence-electron chi connectivity index (χ0n) is 19.7. The Balaban J connectivity index is 1.45. The van der Waals surface area contributed by atoms with Gasteiger partial charge in [-0.15, -0.1) is 0 Å². The Labute approximate surface area is 202 Å². The SMILES string of the molecule is CN1C(=O)[C@H](NC(=O)n2cc(Cc3cccc(F)n3)cn2)CCc2ccc(C#CC(C)(C)O)cc21. The van der Waals surface area contributed by atoms with Crippen molar-refractivity contribution in [2.75, 3.05) is 11.9 Å². The van der Waals surface area contributed by atoms with Crippen molar-refractivity contribution in [3.8, 4) is 11.8 Å². The summed E-state index contributed by atoms with van der Waals surface area (Å²) in [6.45, 7) is 3.21. The van der Waals surface area contributed by atoms with E-state index in [0.717, 1.165) is 15.9 Å². The number of aromatic nitrogens is 3. The Kier molecular flexibility index (Phi) is 6.67. The predicted molar refractivity (Wildman–Crippen MR) is 128 cm³/mol. The molecule has 1 aromatic carbocycles. The zero-order valence-corrected chi connectivity index (χ0v) is 19.7. The van der Waals surface area contributed by atoms with Crippen molar-refractivity contribution in [3.63, 3.8) is 0 Å². The maximum atomic E-state index is 13.3. The van der Waals surface area contributed by atoms with Gasteiger partial charge in [0.25, 0.3) is 0 Å². The number of rotatable bonds is 3. The Morgan fingerprint density at radius 2 is 2.11 bits per heavy atom. The number of carbonyl (C=O) groups is 2. The number of carbonyl (C=O) groups excluding carboxylic acids is 2. The summed E-state index contributed by atoms with van der Waals surface area (Å²) < 4.78 is 14.5. The first kappa shape index (κ1) is 24.1. The molecule has 2 aromatic heterocycles.